The van der Waals surface area contributed by atoms with E-state index in [9.17, 15) is 13.6 Å². The molecule has 0 atom stereocenters. The van der Waals surface area contributed by atoms with E-state index in [0.29, 0.717) is 17.1 Å². The Hall–Kier alpha value is -3.29. The van der Waals surface area contributed by atoms with Gasteiger partial charge in [0.05, 0.1) is 0 Å². The first-order valence-electron chi connectivity index (χ1n) is 7.33. The molecule has 2 aromatic carbocycles. The molecule has 0 aliphatic rings. The lowest BCUT2D eigenvalue weighted by Gasteiger charge is -2.08. The van der Waals surface area contributed by atoms with E-state index >= 15 is 0 Å². The van der Waals surface area contributed by atoms with Crippen LogP contribution in [0.5, 0.6) is 5.75 Å². The van der Waals surface area contributed by atoms with Crippen LogP contribution in [0.4, 0.5) is 14.5 Å². The summed E-state index contributed by atoms with van der Waals surface area (Å²) in [5.41, 5.74) is 1.71. The van der Waals surface area contributed by atoms with E-state index in [1.54, 1.807) is 29.1 Å². The van der Waals surface area contributed by atoms with Gasteiger partial charge in [-0.15, -0.1) is 10.2 Å². The molecule has 0 saturated heterocycles. The fourth-order valence-electron chi connectivity index (χ4n) is 2.27. The zero-order chi connectivity index (χ0) is 17.8. The van der Waals surface area contributed by atoms with Crippen LogP contribution < -0.4 is 10.1 Å². The van der Waals surface area contributed by atoms with Crippen LogP contribution in [0, 0.1) is 0 Å². The third-order valence-electron chi connectivity index (χ3n) is 3.43. The van der Waals surface area contributed by atoms with E-state index in [2.05, 4.69) is 20.3 Å². The number of benzene rings is 2. The van der Waals surface area contributed by atoms with E-state index in [1.807, 2.05) is 13.1 Å². The lowest BCUT2D eigenvalue weighted by Crippen LogP contribution is -2.12. The van der Waals surface area contributed by atoms with Crippen molar-refractivity contribution >= 4 is 11.6 Å². The van der Waals surface area contributed by atoms with Crippen molar-refractivity contribution in [1.29, 1.82) is 0 Å². The first kappa shape index (κ1) is 16.6. The number of amides is 1. The van der Waals surface area contributed by atoms with Gasteiger partial charge < -0.3 is 14.6 Å². The van der Waals surface area contributed by atoms with Crippen molar-refractivity contribution in [3.8, 4) is 17.1 Å². The minimum absolute atomic E-state index is 0.00386. The van der Waals surface area contributed by atoms with E-state index < -0.39 is 6.61 Å². The maximum absolute atomic E-state index is 12.3. The summed E-state index contributed by atoms with van der Waals surface area (Å²) in [7, 11) is 1.82. The summed E-state index contributed by atoms with van der Waals surface area (Å²) in [6.45, 7) is -2.90. The number of aromatic nitrogens is 3. The van der Waals surface area contributed by atoms with Crippen molar-refractivity contribution in [1.82, 2.24) is 14.8 Å². The maximum Gasteiger partial charge on any atom is 0.387 e. The van der Waals surface area contributed by atoms with Crippen LogP contribution in [0.2, 0.25) is 0 Å². The fourth-order valence-corrected chi connectivity index (χ4v) is 2.27. The average Bonchev–Trinajstić information content (AvgIpc) is 3.01. The summed E-state index contributed by atoms with van der Waals surface area (Å²) in [6.07, 6.45) is 1.59. The van der Waals surface area contributed by atoms with Gasteiger partial charge in [-0.05, 0) is 36.4 Å². The highest BCUT2D eigenvalue weighted by Crippen LogP contribution is 2.21. The Morgan fingerprint density at radius 2 is 1.96 bits per heavy atom. The number of nitrogens with zero attached hydrogens (tertiary/aromatic N) is 3. The zero-order valence-corrected chi connectivity index (χ0v) is 13.2. The molecule has 6 nitrogen and oxygen atoms in total. The number of hydrogen-bond donors (Lipinski definition) is 1. The molecule has 3 rings (SSSR count). The van der Waals surface area contributed by atoms with E-state index in [1.165, 1.54) is 24.3 Å². The molecule has 8 heteroatoms. The van der Waals surface area contributed by atoms with Crippen LogP contribution >= 0.6 is 0 Å². The van der Waals surface area contributed by atoms with Crippen LogP contribution in [0.25, 0.3) is 11.4 Å². The van der Waals surface area contributed by atoms with Gasteiger partial charge in [-0.3, -0.25) is 4.79 Å². The molecule has 3 aromatic rings. The second-order valence-electron chi connectivity index (χ2n) is 5.20. The predicted octanol–water partition coefficient (Wildman–Crippen LogP) is 3.34. The number of hydrogen-bond acceptors (Lipinski definition) is 4. The number of halogens is 2. The van der Waals surface area contributed by atoms with Crippen LogP contribution in [-0.2, 0) is 7.05 Å². The van der Waals surface area contributed by atoms with Gasteiger partial charge in [-0.1, -0.05) is 12.1 Å². The molecule has 0 radical (unpaired) electrons. The molecular weight excluding hydrogens is 330 g/mol. The molecule has 128 valence electrons. The summed E-state index contributed by atoms with van der Waals surface area (Å²) < 4.78 is 30.3. The fraction of sp³-hybridized carbons (Fsp3) is 0.118. The van der Waals surface area contributed by atoms with Crippen LogP contribution in [-0.4, -0.2) is 27.3 Å². The van der Waals surface area contributed by atoms with Gasteiger partial charge >= 0.3 is 6.61 Å². The van der Waals surface area contributed by atoms with Crippen LogP contribution in [0.15, 0.2) is 54.9 Å². The van der Waals surface area contributed by atoms with E-state index in [4.69, 9.17) is 0 Å². The lowest BCUT2D eigenvalue weighted by molar-refractivity contribution is -0.0498. The molecular formula is C17H14F2N4O2. The SMILES string of the molecule is Cn1cnnc1-c1cccc(NC(=O)c2ccc(OC(F)F)cc2)c1. The highest BCUT2D eigenvalue weighted by Gasteiger charge is 2.10. The number of carbonyl (C=O) groups is 1. The van der Waals surface area contributed by atoms with E-state index in [0.717, 1.165) is 5.56 Å². The zero-order valence-electron chi connectivity index (χ0n) is 13.2. The molecule has 1 aromatic heterocycles. The quantitative estimate of drug-likeness (QED) is 0.771. The first-order valence-corrected chi connectivity index (χ1v) is 7.33. The third-order valence-corrected chi connectivity index (χ3v) is 3.43. The second-order valence-corrected chi connectivity index (χ2v) is 5.20. The number of anilines is 1. The molecule has 25 heavy (non-hydrogen) atoms. The average molecular weight is 344 g/mol. The Kier molecular flexibility index (Phi) is 4.69. The second kappa shape index (κ2) is 7.08. The third kappa shape index (κ3) is 3.97. The molecule has 0 fully saturated rings. The van der Waals surface area contributed by atoms with Crippen molar-refractivity contribution in [3.05, 3.63) is 60.4 Å². The Morgan fingerprint density at radius 3 is 2.60 bits per heavy atom. The van der Waals surface area contributed by atoms with Crippen molar-refractivity contribution < 1.29 is 18.3 Å². The van der Waals surface area contributed by atoms with Gasteiger partial charge in [0, 0.05) is 23.9 Å². The maximum atomic E-state index is 12.3. The van der Waals surface area contributed by atoms with Crippen molar-refractivity contribution in [3.63, 3.8) is 0 Å². The molecule has 0 unspecified atom stereocenters. The minimum atomic E-state index is -2.90. The summed E-state index contributed by atoms with van der Waals surface area (Å²) in [6, 6.07) is 12.6. The van der Waals surface area contributed by atoms with Crippen molar-refractivity contribution in [2.45, 2.75) is 6.61 Å². The topological polar surface area (TPSA) is 69.0 Å². The Bertz CT molecular complexity index is 878. The summed E-state index contributed by atoms with van der Waals surface area (Å²) >= 11 is 0. The predicted molar refractivity (Wildman–Crippen MR) is 87.5 cm³/mol. The Labute approximate surface area is 142 Å². The molecule has 1 N–H and O–H groups in total. The number of carbonyl (C=O) groups excluding carboxylic acids is 1. The number of ether oxygens (including phenoxy) is 1. The normalized spacial score (nSPS) is 10.7. The molecule has 0 bridgehead atoms. The molecule has 1 amide bonds. The number of alkyl halides is 2. The molecule has 0 aliphatic carbocycles. The number of nitrogens with one attached hydrogen (secondary N) is 1. The highest BCUT2D eigenvalue weighted by atomic mass is 19.3. The van der Waals surface area contributed by atoms with Crippen molar-refractivity contribution in [2.24, 2.45) is 7.05 Å². The van der Waals surface area contributed by atoms with Gasteiger partial charge in [0.1, 0.15) is 12.1 Å². The Morgan fingerprint density at radius 1 is 1.20 bits per heavy atom. The summed E-state index contributed by atoms with van der Waals surface area (Å²) in [5, 5.41) is 10.6. The molecule has 0 spiro atoms. The molecule has 1 heterocycles. The molecule has 0 saturated carbocycles. The van der Waals surface area contributed by atoms with Crippen LogP contribution in [0.1, 0.15) is 10.4 Å². The van der Waals surface area contributed by atoms with Gasteiger partial charge in [0.2, 0.25) is 0 Å². The first-order chi connectivity index (χ1) is 12.0. The van der Waals surface area contributed by atoms with E-state index in [-0.39, 0.29) is 11.7 Å². The van der Waals surface area contributed by atoms with Gasteiger partial charge in [0.15, 0.2) is 5.82 Å². The highest BCUT2D eigenvalue weighted by molar-refractivity contribution is 6.04. The summed E-state index contributed by atoms with van der Waals surface area (Å²) in [4.78, 5) is 12.3. The lowest BCUT2D eigenvalue weighted by atomic mass is 10.1. The smallest absolute Gasteiger partial charge is 0.387 e. The van der Waals surface area contributed by atoms with Crippen molar-refractivity contribution in [2.75, 3.05) is 5.32 Å². The van der Waals surface area contributed by atoms with Gasteiger partial charge in [0.25, 0.3) is 5.91 Å². The van der Waals surface area contributed by atoms with Gasteiger partial charge in [-0.2, -0.15) is 8.78 Å². The summed E-state index contributed by atoms with van der Waals surface area (Å²) in [5.74, 6) is 0.305. The number of rotatable bonds is 5. The minimum Gasteiger partial charge on any atom is -0.435 e. The Balaban J connectivity index is 1.74. The van der Waals surface area contributed by atoms with Gasteiger partial charge in [-0.25, -0.2) is 0 Å². The molecule has 0 aliphatic heterocycles. The largest absolute Gasteiger partial charge is 0.435 e. The number of aryl methyl sites for hydroxylation is 1. The monoisotopic (exact) mass is 344 g/mol. The standard InChI is InChI=1S/C17H14F2N4O2/c1-23-10-20-22-15(23)12-3-2-4-13(9-12)21-16(24)11-5-7-14(8-6-11)25-17(18)19/h2-10,17H,1H3,(H,21,24). The van der Waals surface area contributed by atoms with Crippen LogP contribution in [0.3, 0.4) is 0 Å².